The molecule has 0 aromatic heterocycles. The van der Waals surface area contributed by atoms with Crippen molar-refractivity contribution in [1.29, 1.82) is 0 Å². The summed E-state index contributed by atoms with van der Waals surface area (Å²) in [6.45, 7) is 1.36. The van der Waals surface area contributed by atoms with Crippen molar-refractivity contribution in [3.8, 4) is 5.75 Å². The van der Waals surface area contributed by atoms with E-state index < -0.39 is 5.97 Å². The lowest BCUT2D eigenvalue weighted by Crippen LogP contribution is -2.29. The minimum atomic E-state index is -1.09. The lowest BCUT2D eigenvalue weighted by Gasteiger charge is -2.22. The Bertz CT molecular complexity index is 1030. The van der Waals surface area contributed by atoms with Gasteiger partial charge in [-0.3, -0.25) is 9.59 Å². The summed E-state index contributed by atoms with van der Waals surface area (Å²) in [6.07, 6.45) is 6.18. The maximum absolute atomic E-state index is 12.8. The van der Waals surface area contributed by atoms with Crippen LogP contribution in [0.25, 0.3) is 6.08 Å². The molecule has 178 valence electrons. The Balaban J connectivity index is 1.31. The van der Waals surface area contributed by atoms with Crippen molar-refractivity contribution < 1.29 is 24.2 Å². The number of carboxylic acid groups (broad SMARTS) is 1. The van der Waals surface area contributed by atoms with Crippen LogP contribution in [0.4, 0.5) is 5.69 Å². The number of nitrogens with one attached hydrogen (secondary N) is 1. The van der Waals surface area contributed by atoms with Crippen LogP contribution in [0.1, 0.15) is 37.7 Å². The van der Waals surface area contributed by atoms with E-state index in [0.29, 0.717) is 28.8 Å². The molecule has 2 aliphatic rings. The summed E-state index contributed by atoms with van der Waals surface area (Å²) in [5.41, 5.74) is 1.41. The molecule has 1 saturated carbocycles. The lowest BCUT2D eigenvalue weighted by atomic mass is 9.82. The highest BCUT2D eigenvalue weighted by atomic mass is 16.5. The van der Waals surface area contributed by atoms with Crippen LogP contribution in [0, 0.1) is 11.8 Å². The van der Waals surface area contributed by atoms with Gasteiger partial charge in [-0.25, -0.2) is 4.79 Å². The molecule has 1 saturated heterocycles. The molecule has 7 heteroatoms. The first-order valence-electron chi connectivity index (χ1n) is 11.8. The monoisotopic (exact) mass is 462 g/mol. The minimum absolute atomic E-state index is 0.0655. The summed E-state index contributed by atoms with van der Waals surface area (Å²) in [5, 5.41) is 12.4. The number of carboxylic acids is 1. The Hall–Kier alpha value is -3.61. The van der Waals surface area contributed by atoms with Crippen molar-refractivity contribution in [2.75, 3.05) is 25.0 Å². The molecule has 2 amide bonds. The highest BCUT2D eigenvalue weighted by Crippen LogP contribution is 2.36. The van der Waals surface area contributed by atoms with Crippen molar-refractivity contribution in [3.63, 3.8) is 0 Å². The number of anilines is 1. The van der Waals surface area contributed by atoms with Gasteiger partial charge in [0.2, 0.25) is 5.91 Å². The summed E-state index contributed by atoms with van der Waals surface area (Å²) < 4.78 is 5.52. The number of benzene rings is 2. The van der Waals surface area contributed by atoms with Crippen LogP contribution in [0.2, 0.25) is 0 Å². The third-order valence-electron chi connectivity index (χ3n) is 6.59. The number of hydrogen-bond donors (Lipinski definition) is 2. The average molecular weight is 463 g/mol. The number of fused-ring (bicyclic) bond motifs is 1. The van der Waals surface area contributed by atoms with Crippen molar-refractivity contribution in [2.45, 2.75) is 32.1 Å². The number of aliphatic carboxylic acids is 1. The van der Waals surface area contributed by atoms with Crippen molar-refractivity contribution in [3.05, 3.63) is 65.7 Å². The van der Waals surface area contributed by atoms with Crippen LogP contribution in [0.15, 0.2) is 60.2 Å². The van der Waals surface area contributed by atoms with Crippen LogP contribution in [0.3, 0.4) is 0 Å². The zero-order valence-electron chi connectivity index (χ0n) is 19.1. The molecule has 34 heavy (non-hydrogen) atoms. The van der Waals surface area contributed by atoms with Gasteiger partial charge in [0.15, 0.2) is 6.61 Å². The van der Waals surface area contributed by atoms with Gasteiger partial charge in [-0.05, 0) is 60.6 Å². The van der Waals surface area contributed by atoms with Crippen LogP contribution in [0.5, 0.6) is 5.75 Å². The molecule has 7 nitrogen and oxygen atoms in total. The molecule has 0 unspecified atom stereocenters. The molecule has 2 N–H and O–H groups in total. The standard InChI is InChI=1S/C27H30N2O5/c30-25(28-23-8-2-1-3-9-23)18-34-24-12-10-19(11-13-24)14-22(27(32)33)15-26(31)29-16-20-6-4-5-7-21(20)17-29/h1-3,8-14,20-21H,4-7,15-18H2,(H,28,30)(H,32,33)/b22-14+/t20-,21+. The molecular formula is C27H30N2O5. The number of para-hydroxylation sites is 1. The maximum Gasteiger partial charge on any atom is 0.332 e. The lowest BCUT2D eigenvalue weighted by molar-refractivity contribution is -0.136. The second kappa shape index (κ2) is 11.0. The van der Waals surface area contributed by atoms with Gasteiger partial charge in [0, 0.05) is 24.4 Å². The molecule has 0 bridgehead atoms. The van der Waals surface area contributed by atoms with E-state index >= 15 is 0 Å². The largest absolute Gasteiger partial charge is 0.484 e. The fraction of sp³-hybridized carbons (Fsp3) is 0.370. The number of nitrogens with zero attached hydrogens (tertiary/aromatic N) is 1. The predicted octanol–water partition coefficient (Wildman–Crippen LogP) is 4.21. The van der Waals surface area contributed by atoms with Gasteiger partial charge >= 0.3 is 5.97 Å². The molecule has 1 aliphatic carbocycles. The highest BCUT2D eigenvalue weighted by molar-refractivity contribution is 5.98. The van der Waals surface area contributed by atoms with E-state index in [1.165, 1.54) is 31.8 Å². The average Bonchev–Trinajstić information content (AvgIpc) is 3.28. The number of hydrogen-bond acceptors (Lipinski definition) is 4. The Morgan fingerprint density at radius 2 is 1.62 bits per heavy atom. The van der Waals surface area contributed by atoms with E-state index in [1.54, 1.807) is 36.4 Å². The summed E-state index contributed by atoms with van der Waals surface area (Å²) in [5.74, 6) is 0.140. The molecule has 0 spiro atoms. The predicted molar refractivity (Wildman–Crippen MR) is 129 cm³/mol. The molecule has 2 aromatic carbocycles. The molecular weight excluding hydrogens is 432 g/mol. The zero-order valence-corrected chi connectivity index (χ0v) is 19.1. The van der Waals surface area contributed by atoms with Crippen LogP contribution in [-0.2, 0) is 14.4 Å². The Morgan fingerprint density at radius 3 is 2.24 bits per heavy atom. The second-order valence-electron chi connectivity index (χ2n) is 9.03. The summed E-state index contributed by atoms with van der Waals surface area (Å²) in [4.78, 5) is 38.4. The quantitative estimate of drug-likeness (QED) is 0.573. The van der Waals surface area contributed by atoms with Crippen molar-refractivity contribution in [1.82, 2.24) is 4.90 Å². The number of ether oxygens (including phenoxy) is 1. The van der Waals surface area contributed by atoms with Gasteiger partial charge in [-0.2, -0.15) is 0 Å². The topological polar surface area (TPSA) is 95.9 Å². The molecule has 4 rings (SSSR count). The van der Waals surface area contributed by atoms with Gasteiger partial charge in [0.25, 0.3) is 5.91 Å². The summed E-state index contributed by atoms with van der Waals surface area (Å²) >= 11 is 0. The third-order valence-corrected chi connectivity index (χ3v) is 6.59. The zero-order chi connectivity index (χ0) is 23.9. The van der Waals surface area contributed by atoms with Gasteiger partial charge in [0.1, 0.15) is 5.75 Å². The van der Waals surface area contributed by atoms with E-state index in [-0.39, 0.29) is 30.4 Å². The maximum atomic E-state index is 12.8. The van der Waals surface area contributed by atoms with E-state index in [4.69, 9.17) is 4.74 Å². The van der Waals surface area contributed by atoms with Gasteiger partial charge in [0.05, 0.1) is 6.42 Å². The number of amides is 2. The van der Waals surface area contributed by atoms with E-state index in [0.717, 1.165) is 13.1 Å². The van der Waals surface area contributed by atoms with E-state index in [1.807, 2.05) is 23.1 Å². The fourth-order valence-corrected chi connectivity index (χ4v) is 4.80. The van der Waals surface area contributed by atoms with Gasteiger partial charge in [-0.15, -0.1) is 0 Å². The van der Waals surface area contributed by atoms with Gasteiger partial charge < -0.3 is 20.1 Å². The smallest absolute Gasteiger partial charge is 0.332 e. The van der Waals surface area contributed by atoms with Crippen LogP contribution >= 0.6 is 0 Å². The highest BCUT2D eigenvalue weighted by Gasteiger charge is 2.36. The molecule has 2 fully saturated rings. The fourth-order valence-electron chi connectivity index (χ4n) is 4.80. The number of carbonyl (C=O) groups excluding carboxylic acids is 2. The number of likely N-dealkylation sites (tertiary alicyclic amines) is 1. The minimum Gasteiger partial charge on any atom is -0.484 e. The number of carbonyl (C=O) groups is 3. The molecule has 2 atom stereocenters. The first kappa shape index (κ1) is 23.5. The second-order valence-corrected chi connectivity index (χ2v) is 9.03. The molecule has 0 radical (unpaired) electrons. The normalized spacial score (nSPS) is 19.9. The van der Waals surface area contributed by atoms with Crippen molar-refractivity contribution >= 4 is 29.5 Å². The summed E-state index contributed by atoms with van der Waals surface area (Å²) in [6, 6.07) is 15.9. The molecule has 2 aromatic rings. The Morgan fingerprint density at radius 1 is 0.971 bits per heavy atom. The first-order valence-corrected chi connectivity index (χ1v) is 11.8. The van der Waals surface area contributed by atoms with Gasteiger partial charge in [-0.1, -0.05) is 43.2 Å². The Kier molecular flexibility index (Phi) is 7.62. The van der Waals surface area contributed by atoms with Crippen LogP contribution < -0.4 is 10.1 Å². The van der Waals surface area contributed by atoms with E-state index in [9.17, 15) is 19.5 Å². The van der Waals surface area contributed by atoms with Crippen molar-refractivity contribution in [2.24, 2.45) is 11.8 Å². The molecule has 1 aliphatic heterocycles. The Labute approximate surface area is 199 Å². The van der Waals surface area contributed by atoms with E-state index in [2.05, 4.69) is 5.32 Å². The SMILES string of the molecule is O=C(COc1ccc(/C=C(\CC(=O)N2C[C@H]3CCCC[C@H]3C2)C(=O)O)cc1)Nc1ccccc1. The number of rotatable bonds is 8. The molecule has 1 heterocycles. The van der Waals surface area contributed by atoms with Crippen LogP contribution in [-0.4, -0.2) is 47.5 Å². The third kappa shape index (κ3) is 6.25. The summed E-state index contributed by atoms with van der Waals surface area (Å²) in [7, 11) is 0. The first-order chi connectivity index (χ1) is 16.5.